The van der Waals surface area contributed by atoms with Crippen LogP contribution in [0.3, 0.4) is 0 Å². The van der Waals surface area contributed by atoms with Gasteiger partial charge in [0.05, 0.1) is 23.7 Å². The molecule has 1 unspecified atom stereocenters. The molecule has 3 N–H and O–H groups in total. The largest absolute Gasteiger partial charge is 0.377 e. The van der Waals surface area contributed by atoms with E-state index in [1.807, 2.05) is 6.07 Å². The van der Waals surface area contributed by atoms with Crippen LogP contribution >= 0.6 is 0 Å². The standard InChI is InChI=1S/C25H35N5O4/c1-28-22-14-18(2-3-20(22)30(25(28)33)21-4-5-23(31)27-24(21)32)17-6-9-29(10-7-17)15-16-12-19(13-16)34-11-8-26/h2-3,14,16-17,19,21H,4-13,15,26H2,1H3,(H,27,31,32). The molecular formula is C25H35N5O4. The van der Waals surface area contributed by atoms with Crippen LogP contribution in [0.4, 0.5) is 0 Å². The molecular weight excluding hydrogens is 434 g/mol. The molecule has 2 saturated heterocycles. The Morgan fingerprint density at radius 3 is 2.56 bits per heavy atom. The van der Waals surface area contributed by atoms with Crippen LogP contribution < -0.4 is 16.7 Å². The van der Waals surface area contributed by atoms with E-state index in [1.54, 1.807) is 16.2 Å². The zero-order valence-electron chi connectivity index (χ0n) is 19.9. The van der Waals surface area contributed by atoms with Gasteiger partial charge in [0.2, 0.25) is 11.8 Å². The topological polar surface area (TPSA) is 112 Å². The van der Waals surface area contributed by atoms with Crippen LogP contribution in [0.15, 0.2) is 23.0 Å². The Morgan fingerprint density at radius 1 is 1.09 bits per heavy atom. The van der Waals surface area contributed by atoms with Gasteiger partial charge in [-0.3, -0.25) is 24.0 Å². The van der Waals surface area contributed by atoms with Crippen molar-refractivity contribution < 1.29 is 14.3 Å². The van der Waals surface area contributed by atoms with Crippen molar-refractivity contribution in [3.8, 4) is 0 Å². The monoisotopic (exact) mass is 469 g/mol. The van der Waals surface area contributed by atoms with Gasteiger partial charge in [0, 0.05) is 26.6 Å². The quantitative estimate of drug-likeness (QED) is 0.591. The van der Waals surface area contributed by atoms with Crippen molar-refractivity contribution in [1.82, 2.24) is 19.4 Å². The number of hydrogen-bond acceptors (Lipinski definition) is 6. The normalized spacial score (nSPS) is 26.6. The maximum atomic E-state index is 13.0. The number of carbonyl (C=O) groups excluding carboxylic acids is 2. The highest BCUT2D eigenvalue weighted by molar-refractivity contribution is 6.00. The Hall–Kier alpha value is -2.49. The number of fused-ring (bicyclic) bond motifs is 1. The van der Waals surface area contributed by atoms with Gasteiger partial charge in [0.25, 0.3) is 0 Å². The second-order valence-electron chi connectivity index (χ2n) is 10.1. The highest BCUT2D eigenvalue weighted by Gasteiger charge is 2.33. The molecule has 2 aromatic rings. The molecule has 1 atom stereocenters. The summed E-state index contributed by atoms with van der Waals surface area (Å²) in [7, 11) is 1.75. The van der Waals surface area contributed by atoms with Crippen LogP contribution in [0.5, 0.6) is 0 Å². The summed E-state index contributed by atoms with van der Waals surface area (Å²) in [6.45, 7) is 4.58. The van der Waals surface area contributed by atoms with E-state index in [0.29, 0.717) is 31.6 Å². The van der Waals surface area contributed by atoms with E-state index in [0.717, 1.165) is 62.3 Å². The third-order valence-corrected chi connectivity index (χ3v) is 7.87. The second kappa shape index (κ2) is 9.64. The fraction of sp³-hybridized carbons (Fsp3) is 0.640. The number of hydrogen-bond donors (Lipinski definition) is 2. The number of ether oxygens (including phenoxy) is 1. The minimum absolute atomic E-state index is 0.217. The molecule has 9 nitrogen and oxygen atoms in total. The summed E-state index contributed by atoms with van der Waals surface area (Å²) >= 11 is 0. The van der Waals surface area contributed by atoms with Crippen molar-refractivity contribution in [2.24, 2.45) is 18.7 Å². The minimum Gasteiger partial charge on any atom is -0.377 e. The molecule has 0 bridgehead atoms. The van der Waals surface area contributed by atoms with Crippen LogP contribution in [0.25, 0.3) is 11.0 Å². The van der Waals surface area contributed by atoms with E-state index >= 15 is 0 Å². The van der Waals surface area contributed by atoms with E-state index in [1.165, 1.54) is 5.56 Å². The average Bonchev–Trinajstić information content (AvgIpc) is 3.05. The Kier molecular flexibility index (Phi) is 6.59. The van der Waals surface area contributed by atoms with Gasteiger partial charge in [-0.15, -0.1) is 0 Å². The van der Waals surface area contributed by atoms with Crippen LogP contribution in [-0.4, -0.2) is 64.7 Å². The number of imidazole rings is 1. The van der Waals surface area contributed by atoms with Gasteiger partial charge >= 0.3 is 5.69 Å². The first-order valence-electron chi connectivity index (χ1n) is 12.5. The molecule has 5 rings (SSSR count). The Morgan fingerprint density at radius 2 is 1.85 bits per heavy atom. The van der Waals surface area contributed by atoms with Crippen molar-refractivity contribution in [1.29, 1.82) is 0 Å². The summed E-state index contributed by atoms with van der Waals surface area (Å²) in [6, 6.07) is 5.55. The number of amides is 2. The van der Waals surface area contributed by atoms with Gasteiger partial charge in [0.1, 0.15) is 6.04 Å². The number of carbonyl (C=O) groups is 2. The molecule has 184 valence electrons. The van der Waals surface area contributed by atoms with Crippen molar-refractivity contribution in [3.63, 3.8) is 0 Å². The van der Waals surface area contributed by atoms with Crippen molar-refractivity contribution in [2.75, 3.05) is 32.8 Å². The molecule has 9 heteroatoms. The number of piperidine rings is 2. The van der Waals surface area contributed by atoms with E-state index in [2.05, 4.69) is 22.3 Å². The summed E-state index contributed by atoms with van der Waals surface area (Å²) < 4.78 is 8.89. The Balaban J connectivity index is 1.23. The number of aromatic nitrogens is 2. The number of imide groups is 1. The summed E-state index contributed by atoms with van der Waals surface area (Å²) in [5.41, 5.74) is 8.14. The summed E-state index contributed by atoms with van der Waals surface area (Å²) in [4.78, 5) is 39.5. The van der Waals surface area contributed by atoms with Crippen LogP contribution in [0, 0.1) is 5.92 Å². The maximum Gasteiger partial charge on any atom is 0.329 e. The van der Waals surface area contributed by atoms with E-state index in [-0.39, 0.29) is 18.0 Å². The molecule has 2 aliphatic heterocycles. The number of benzene rings is 1. The minimum atomic E-state index is -0.644. The lowest BCUT2D eigenvalue weighted by Crippen LogP contribution is -2.44. The molecule has 1 aliphatic carbocycles. The number of likely N-dealkylation sites (tertiary alicyclic amines) is 1. The van der Waals surface area contributed by atoms with Gasteiger partial charge in [0.15, 0.2) is 0 Å². The zero-order chi connectivity index (χ0) is 23.8. The molecule has 0 spiro atoms. The number of aryl methyl sites for hydroxylation is 1. The Labute approximate surface area is 199 Å². The van der Waals surface area contributed by atoms with Crippen molar-refractivity contribution >= 4 is 22.8 Å². The number of nitrogens with zero attached hydrogens (tertiary/aromatic N) is 3. The van der Waals surface area contributed by atoms with Gasteiger partial charge in [-0.2, -0.15) is 0 Å². The lowest BCUT2D eigenvalue weighted by molar-refractivity contribution is -0.135. The van der Waals surface area contributed by atoms with Gasteiger partial charge in [-0.25, -0.2) is 4.79 Å². The highest BCUT2D eigenvalue weighted by Crippen LogP contribution is 2.34. The molecule has 3 fully saturated rings. The van der Waals surface area contributed by atoms with E-state index < -0.39 is 11.9 Å². The highest BCUT2D eigenvalue weighted by atomic mass is 16.5. The molecule has 3 aliphatic rings. The first-order valence-corrected chi connectivity index (χ1v) is 12.5. The fourth-order valence-electron chi connectivity index (χ4n) is 5.87. The zero-order valence-corrected chi connectivity index (χ0v) is 19.9. The van der Waals surface area contributed by atoms with Gasteiger partial charge in [-0.05, 0) is 74.7 Å². The first kappa shape index (κ1) is 23.3. The molecule has 0 radical (unpaired) electrons. The predicted molar refractivity (Wildman–Crippen MR) is 129 cm³/mol. The van der Waals surface area contributed by atoms with Crippen molar-refractivity contribution in [3.05, 3.63) is 34.2 Å². The average molecular weight is 470 g/mol. The summed E-state index contributed by atoms with van der Waals surface area (Å²) in [6.07, 6.45) is 5.50. The molecule has 1 aromatic carbocycles. The van der Waals surface area contributed by atoms with Gasteiger partial charge < -0.3 is 15.4 Å². The second-order valence-corrected chi connectivity index (χ2v) is 10.1. The SMILES string of the molecule is Cn1c(=O)n(C2CCC(=O)NC2=O)c2ccc(C3CCN(CC4CC(OCCN)C4)CC3)cc21. The molecule has 1 saturated carbocycles. The lowest BCUT2D eigenvalue weighted by atomic mass is 9.81. The predicted octanol–water partition coefficient (Wildman–Crippen LogP) is 1.25. The fourth-order valence-corrected chi connectivity index (χ4v) is 5.87. The summed E-state index contributed by atoms with van der Waals surface area (Å²) in [5, 5.41) is 2.37. The number of nitrogens with two attached hydrogens (primary N) is 1. The van der Waals surface area contributed by atoms with Crippen LogP contribution in [-0.2, 0) is 21.4 Å². The van der Waals surface area contributed by atoms with Crippen LogP contribution in [0.1, 0.15) is 56.0 Å². The number of rotatable bonds is 7. The van der Waals surface area contributed by atoms with E-state index in [4.69, 9.17) is 10.5 Å². The van der Waals surface area contributed by atoms with Crippen molar-refractivity contribution in [2.45, 2.75) is 56.6 Å². The first-order chi connectivity index (χ1) is 16.4. The molecule has 2 amide bonds. The third-order valence-electron chi connectivity index (χ3n) is 7.87. The molecule has 1 aromatic heterocycles. The molecule has 34 heavy (non-hydrogen) atoms. The third kappa shape index (κ3) is 4.44. The van der Waals surface area contributed by atoms with Crippen LogP contribution in [0.2, 0.25) is 0 Å². The van der Waals surface area contributed by atoms with Gasteiger partial charge in [-0.1, -0.05) is 6.07 Å². The number of nitrogens with one attached hydrogen (secondary N) is 1. The Bertz CT molecular complexity index is 1120. The smallest absolute Gasteiger partial charge is 0.329 e. The summed E-state index contributed by atoms with van der Waals surface area (Å²) in [5.74, 6) is 0.528. The maximum absolute atomic E-state index is 13.0. The lowest BCUT2D eigenvalue weighted by Gasteiger charge is -2.40. The van der Waals surface area contributed by atoms with E-state index in [9.17, 15) is 14.4 Å². The molecule has 3 heterocycles.